The minimum Gasteiger partial charge on any atom is -0.469 e. The van der Waals surface area contributed by atoms with Gasteiger partial charge in [0.05, 0.1) is 22.6 Å². The van der Waals surface area contributed by atoms with Crippen LogP contribution in [0, 0.1) is 0 Å². The fraction of sp³-hybridized carbons (Fsp3) is 0.417. The maximum Gasteiger partial charge on any atom is 0.125 e. The first-order valence-corrected chi connectivity index (χ1v) is 6.43. The lowest BCUT2D eigenvalue weighted by molar-refractivity contribution is 0.204. The summed E-state index contributed by atoms with van der Waals surface area (Å²) in [7, 11) is 0. The van der Waals surface area contributed by atoms with Gasteiger partial charge in [0.1, 0.15) is 11.9 Å². The summed E-state index contributed by atoms with van der Waals surface area (Å²) in [5.74, 6) is 0.813. The van der Waals surface area contributed by atoms with Crippen molar-refractivity contribution >= 4 is 15.9 Å². The number of aromatic nitrogens is 2. The zero-order chi connectivity index (χ0) is 12.4. The first-order chi connectivity index (χ1) is 8.19. The molecule has 0 spiro atoms. The molecular weight excluding hydrogens is 284 g/mol. The van der Waals surface area contributed by atoms with Gasteiger partial charge in [-0.2, -0.15) is 5.10 Å². The highest BCUT2D eigenvalue weighted by atomic mass is 79.9. The van der Waals surface area contributed by atoms with Gasteiger partial charge < -0.3 is 9.52 Å². The summed E-state index contributed by atoms with van der Waals surface area (Å²) in [5.41, 5.74) is 1.58. The van der Waals surface area contributed by atoms with E-state index in [0.29, 0.717) is 0 Å². The fourth-order valence-corrected chi connectivity index (χ4v) is 2.44. The topological polar surface area (TPSA) is 51.2 Å². The Morgan fingerprint density at radius 1 is 1.53 bits per heavy atom. The van der Waals surface area contributed by atoms with Crippen LogP contribution in [0.2, 0.25) is 0 Å². The Bertz CT molecular complexity index is 504. The Hall–Kier alpha value is -1.07. The van der Waals surface area contributed by atoms with E-state index >= 15 is 0 Å². The molecule has 1 atom stereocenters. The molecule has 0 aromatic carbocycles. The first-order valence-electron chi connectivity index (χ1n) is 5.64. The van der Waals surface area contributed by atoms with Crippen molar-refractivity contribution in [3.8, 4) is 0 Å². The van der Waals surface area contributed by atoms with Crippen LogP contribution < -0.4 is 0 Å². The third-order valence-electron chi connectivity index (χ3n) is 2.79. The fourth-order valence-electron chi connectivity index (χ4n) is 1.92. The zero-order valence-corrected chi connectivity index (χ0v) is 11.4. The Morgan fingerprint density at radius 2 is 2.29 bits per heavy atom. The minimum absolute atomic E-state index is 0.708. The van der Waals surface area contributed by atoms with E-state index in [2.05, 4.69) is 21.0 Å². The van der Waals surface area contributed by atoms with Gasteiger partial charge in [0, 0.05) is 18.5 Å². The van der Waals surface area contributed by atoms with Gasteiger partial charge in [-0.15, -0.1) is 0 Å². The summed E-state index contributed by atoms with van der Waals surface area (Å²) in [4.78, 5) is 0. The van der Waals surface area contributed by atoms with Crippen LogP contribution in [-0.4, -0.2) is 14.9 Å². The highest BCUT2D eigenvalue weighted by Gasteiger charge is 2.22. The molecule has 92 valence electrons. The smallest absolute Gasteiger partial charge is 0.125 e. The van der Waals surface area contributed by atoms with Crippen LogP contribution >= 0.6 is 15.9 Å². The van der Waals surface area contributed by atoms with Crippen LogP contribution in [0.25, 0.3) is 0 Å². The van der Waals surface area contributed by atoms with E-state index in [4.69, 9.17) is 4.42 Å². The Morgan fingerprint density at radius 3 is 2.94 bits per heavy atom. The maximum absolute atomic E-state index is 10.4. The molecule has 17 heavy (non-hydrogen) atoms. The quantitative estimate of drug-likeness (QED) is 0.944. The number of rotatable bonds is 4. The number of aryl methyl sites for hydroxylation is 2. The van der Waals surface area contributed by atoms with E-state index in [0.717, 1.165) is 34.5 Å². The van der Waals surface area contributed by atoms with E-state index in [1.165, 1.54) is 0 Å². The monoisotopic (exact) mass is 298 g/mol. The van der Waals surface area contributed by atoms with Crippen LogP contribution in [0.5, 0.6) is 0 Å². The predicted octanol–water partition coefficient (Wildman–Crippen LogP) is 2.90. The van der Waals surface area contributed by atoms with E-state index in [1.54, 1.807) is 17.1 Å². The largest absolute Gasteiger partial charge is 0.469 e. The third kappa shape index (κ3) is 2.17. The lowest BCUT2D eigenvalue weighted by Gasteiger charge is -2.13. The second-order valence-electron chi connectivity index (χ2n) is 3.75. The number of hydrogen-bond donors (Lipinski definition) is 1. The predicted molar refractivity (Wildman–Crippen MR) is 67.7 cm³/mol. The zero-order valence-electron chi connectivity index (χ0n) is 9.85. The Balaban J connectivity index is 2.43. The molecule has 0 saturated carbocycles. The molecule has 0 radical (unpaired) electrons. The van der Waals surface area contributed by atoms with Gasteiger partial charge in [0.15, 0.2) is 0 Å². The molecular formula is C12H15BrN2O2. The minimum atomic E-state index is -0.708. The third-order valence-corrected chi connectivity index (χ3v) is 3.40. The van der Waals surface area contributed by atoms with Crippen molar-refractivity contribution in [3.63, 3.8) is 0 Å². The van der Waals surface area contributed by atoms with Crippen molar-refractivity contribution in [1.29, 1.82) is 0 Å². The molecule has 5 heteroatoms. The van der Waals surface area contributed by atoms with Crippen molar-refractivity contribution in [2.45, 2.75) is 32.9 Å². The molecule has 0 fully saturated rings. The van der Waals surface area contributed by atoms with Gasteiger partial charge >= 0.3 is 0 Å². The summed E-state index contributed by atoms with van der Waals surface area (Å²) in [5, 5.41) is 14.6. The normalized spacial score (nSPS) is 12.9. The second kappa shape index (κ2) is 5.06. The van der Waals surface area contributed by atoms with Gasteiger partial charge in [-0.05, 0) is 28.9 Å². The van der Waals surface area contributed by atoms with Crippen LogP contribution in [0.15, 0.2) is 27.4 Å². The molecule has 2 heterocycles. The molecule has 4 nitrogen and oxygen atoms in total. The molecule has 0 aliphatic carbocycles. The molecule has 0 bridgehead atoms. The van der Waals surface area contributed by atoms with Crippen LogP contribution in [-0.2, 0) is 13.0 Å². The van der Waals surface area contributed by atoms with Crippen molar-refractivity contribution in [2.24, 2.45) is 0 Å². The number of hydrogen-bond acceptors (Lipinski definition) is 3. The highest BCUT2D eigenvalue weighted by Crippen LogP contribution is 2.31. The average Bonchev–Trinajstić information content (AvgIpc) is 2.93. The van der Waals surface area contributed by atoms with Crippen molar-refractivity contribution in [1.82, 2.24) is 9.78 Å². The summed E-state index contributed by atoms with van der Waals surface area (Å²) >= 11 is 3.42. The van der Waals surface area contributed by atoms with E-state index in [-0.39, 0.29) is 0 Å². The summed E-state index contributed by atoms with van der Waals surface area (Å²) in [6, 6.07) is 1.81. The van der Waals surface area contributed by atoms with Gasteiger partial charge in [-0.1, -0.05) is 6.92 Å². The number of nitrogens with zero attached hydrogens (tertiary/aromatic N) is 2. The average molecular weight is 299 g/mol. The number of halogens is 1. The second-order valence-corrected chi connectivity index (χ2v) is 4.60. The van der Waals surface area contributed by atoms with Gasteiger partial charge in [-0.25, -0.2) is 0 Å². The first kappa shape index (κ1) is 12.4. The van der Waals surface area contributed by atoms with Gasteiger partial charge in [-0.3, -0.25) is 4.68 Å². The van der Waals surface area contributed by atoms with E-state index < -0.39 is 6.10 Å². The van der Waals surface area contributed by atoms with Crippen LogP contribution in [0.1, 0.15) is 37.0 Å². The molecule has 0 aliphatic heterocycles. The highest BCUT2D eigenvalue weighted by molar-refractivity contribution is 9.10. The Labute approximate surface area is 108 Å². The molecule has 2 rings (SSSR count). The SMILES string of the molecule is CCc1occc1C(O)c1c(Br)cnn1CC. The lowest BCUT2D eigenvalue weighted by atomic mass is 10.1. The van der Waals surface area contributed by atoms with Crippen molar-refractivity contribution in [3.05, 3.63) is 40.0 Å². The standard InChI is InChI=1S/C12H15BrN2O2/c1-3-10-8(5-6-17-10)12(16)11-9(13)7-14-15(11)4-2/h5-7,12,16H,3-4H2,1-2H3. The maximum atomic E-state index is 10.4. The number of aliphatic hydroxyl groups excluding tert-OH is 1. The molecule has 0 saturated heterocycles. The number of aliphatic hydroxyl groups is 1. The van der Waals surface area contributed by atoms with Crippen molar-refractivity contribution in [2.75, 3.05) is 0 Å². The van der Waals surface area contributed by atoms with Crippen molar-refractivity contribution < 1.29 is 9.52 Å². The van der Waals surface area contributed by atoms with E-state index in [9.17, 15) is 5.11 Å². The molecule has 1 unspecified atom stereocenters. The summed E-state index contributed by atoms with van der Waals surface area (Å²) < 4.78 is 7.94. The molecule has 2 aromatic rings. The van der Waals surface area contributed by atoms with Gasteiger partial charge in [0.25, 0.3) is 0 Å². The van der Waals surface area contributed by atoms with Gasteiger partial charge in [0.2, 0.25) is 0 Å². The van der Waals surface area contributed by atoms with E-state index in [1.807, 2.05) is 19.9 Å². The summed E-state index contributed by atoms with van der Waals surface area (Å²) in [6.07, 6.45) is 3.36. The summed E-state index contributed by atoms with van der Waals surface area (Å²) in [6.45, 7) is 4.71. The number of furan rings is 1. The molecule has 2 aromatic heterocycles. The molecule has 0 aliphatic rings. The van der Waals surface area contributed by atoms with Crippen LogP contribution in [0.4, 0.5) is 0 Å². The molecule has 1 N–H and O–H groups in total. The van der Waals surface area contributed by atoms with Crippen LogP contribution in [0.3, 0.4) is 0 Å². The molecule has 0 amide bonds. The Kier molecular flexibility index (Phi) is 3.69. The lowest BCUT2D eigenvalue weighted by Crippen LogP contribution is -2.10.